The van der Waals surface area contributed by atoms with Gasteiger partial charge in [-0.3, -0.25) is 0 Å². The summed E-state index contributed by atoms with van der Waals surface area (Å²) in [6, 6.07) is 21.3. The number of aromatic nitrogens is 1. The highest BCUT2D eigenvalue weighted by molar-refractivity contribution is 5.70. The summed E-state index contributed by atoms with van der Waals surface area (Å²) in [6.45, 7) is 8.23. The third-order valence-corrected chi connectivity index (χ3v) is 3.80. The van der Waals surface area contributed by atoms with Crippen LogP contribution >= 0.6 is 0 Å². The second-order valence-electron chi connectivity index (χ2n) is 5.34. The van der Waals surface area contributed by atoms with Gasteiger partial charge in [-0.2, -0.15) is 0 Å². The first kappa shape index (κ1) is 13.4. The maximum absolute atomic E-state index is 3.94. The van der Waals surface area contributed by atoms with Gasteiger partial charge in [0.2, 0.25) is 0 Å². The van der Waals surface area contributed by atoms with Gasteiger partial charge in [0, 0.05) is 16.9 Å². The van der Waals surface area contributed by atoms with Gasteiger partial charge in [-0.05, 0) is 55.8 Å². The molecule has 0 aliphatic heterocycles. The predicted octanol–water partition coefficient (Wildman–Crippen LogP) is 5.40. The van der Waals surface area contributed by atoms with E-state index in [0.29, 0.717) is 0 Å². The predicted molar refractivity (Wildman–Crippen MR) is 90.8 cm³/mol. The highest BCUT2D eigenvalue weighted by Crippen LogP contribution is 2.30. The molecule has 0 fully saturated rings. The molecule has 0 spiro atoms. The minimum atomic E-state index is 1.11. The van der Waals surface area contributed by atoms with Crippen LogP contribution in [0.1, 0.15) is 16.8 Å². The van der Waals surface area contributed by atoms with Crippen molar-refractivity contribution in [3.8, 4) is 16.9 Å². The van der Waals surface area contributed by atoms with Crippen molar-refractivity contribution in [2.45, 2.75) is 13.8 Å². The quantitative estimate of drug-likeness (QED) is 0.601. The molecule has 0 N–H and O–H groups in total. The zero-order chi connectivity index (χ0) is 14.8. The molecule has 3 rings (SSSR count). The van der Waals surface area contributed by atoms with E-state index in [-0.39, 0.29) is 0 Å². The molecule has 0 radical (unpaired) electrons. The molecule has 0 amide bonds. The van der Waals surface area contributed by atoms with Crippen molar-refractivity contribution in [3.63, 3.8) is 0 Å². The molecule has 0 saturated carbocycles. The Hall–Kier alpha value is -2.54. The van der Waals surface area contributed by atoms with Gasteiger partial charge in [0.15, 0.2) is 0 Å². The van der Waals surface area contributed by atoms with Crippen molar-refractivity contribution < 1.29 is 0 Å². The molecule has 2 aromatic carbocycles. The lowest BCUT2D eigenvalue weighted by Gasteiger charge is -2.14. The van der Waals surface area contributed by atoms with Gasteiger partial charge < -0.3 is 4.57 Å². The number of benzene rings is 2. The summed E-state index contributed by atoms with van der Waals surface area (Å²) in [5, 5.41) is 0. The third-order valence-electron chi connectivity index (χ3n) is 3.80. The fraction of sp³-hybridized carbons (Fsp3) is 0.100. The first-order chi connectivity index (χ1) is 10.2. The van der Waals surface area contributed by atoms with Crippen LogP contribution in [-0.2, 0) is 0 Å². The summed E-state index contributed by atoms with van der Waals surface area (Å²) < 4.78 is 2.26. The van der Waals surface area contributed by atoms with E-state index in [4.69, 9.17) is 0 Å². The third kappa shape index (κ3) is 2.43. The van der Waals surface area contributed by atoms with E-state index < -0.39 is 0 Å². The van der Waals surface area contributed by atoms with Gasteiger partial charge in [-0.25, -0.2) is 0 Å². The largest absolute Gasteiger partial charge is 0.310 e. The van der Waals surface area contributed by atoms with Crippen molar-refractivity contribution in [1.29, 1.82) is 0 Å². The van der Waals surface area contributed by atoms with E-state index in [2.05, 4.69) is 79.6 Å². The Bertz CT molecular complexity index is 779. The molecular formula is C20H19N. The lowest BCUT2D eigenvalue weighted by molar-refractivity contribution is 1.07. The molecule has 0 atom stereocenters. The molecule has 0 saturated heterocycles. The normalized spacial score (nSPS) is 10.6. The van der Waals surface area contributed by atoms with Gasteiger partial charge in [0.1, 0.15) is 0 Å². The average molecular weight is 273 g/mol. The summed E-state index contributed by atoms with van der Waals surface area (Å²) in [4.78, 5) is 0. The van der Waals surface area contributed by atoms with Gasteiger partial charge >= 0.3 is 0 Å². The molecule has 21 heavy (non-hydrogen) atoms. The smallest absolute Gasteiger partial charge is 0.0537 e. The molecule has 3 aromatic rings. The maximum Gasteiger partial charge on any atom is 0.0537 e. The zero-order valence-electron chi connectivity index (χ0n) is 12.5. The Kier molecular flexibility index (Phi) is 3.49. The lowest BCUT2D eigenvalue weighted by Crippen LogP contribution is -1.99. The van der Waals surface area contributed by atoms with E-state index in [1.807, 2.05) is 12.1 Å². The number of nitrogens with zero attached hydrogens (tertiary/aromatic N) is 1. The summed E-state index contributed by atoms with van der Waals surface area (Å²) in [7, 11) is 0. The minimum absolute atomic E-state index is 1.11. The second kappa shape index (κ2) is 5.45. The Balaban J connectivity index is 2.27. The SMILES string of the molecule is C=Cc1ccc(-c2cc(C)ccc2C)n1-c1ccccc1. The van der Waals surface area contributed by atoms with Gasteiger partial charge in [0.05, 0.1) is 5.69 Å². The molecule has 104 valence electrons. The molecule has 1 heteroatoms. The van der Waals surface area contributed by atoms with Crippen LogP contribution in [0.15, 0.2) is 67.2 Å². The van der Waals surface area contributed by atoms with Crippen LogP contribution in [0.25, 0.3) is 23.0 Å². The standard InChI is InChI=1S/C20H19N/c1-4-17-12-13-20(19-14-15(2)10-11-16(19)3)21(17)18-8-6-5-7-9-18/h4-14H,1H2,2-3H3. The van der Waals surface area contributed by atoms with Gasteiger partial charge in [-0.1, -0.05) is 42.5 Å². The molecule has 0 aliphatic carbocycles. The Morgan fingerprint density at radius 1 is 0.905 bits per heavy atom. The molecule has 1 heterocycles. The van der Waals surface area contributed by atoms with Crippen LogP contribution in [0, 0.1) is 13.8 Å². The van der Waals surface area contributed by atoms with Crippen molar-refractivity contribution >= 4 is 6.08 Å². The minimum Gasteiger partial charge on any atom is -0.310 e. The number of rotatable bonds is 3. The van der Waals surface area contributed by atoms with Crippen molar-refractivity contribution in [1.82, 2.24) is 4.57 Å². The Labute approximate surface area is 126 Å². The number of para-hydroxylation sites is 1. The highest BCUT2D eigenvalue weighted by atomic mass is 15.0. The molecule has 0 aliphatic rings. The van der Waals surface area contributed by atoms with E-state index in [0.717, 1.165) is 11.4 Å². The first-order valence-corrected chi connectivity index (χ1v) is 7.18. The van der Waals surface area contributed by atoms with E-state index in [9.17, 15) is 0 Å². The van der Waals surface area contributed by atoms with Crippen LogP contribution in [-0.4, -0.2) is 4.57 Å². The summed E-state index contributed by atoms with van der Waals surface area (Å²) in [5.41, 5.74) is 7.30. The molecule has 0 bridgehead atoms. The number of hydrogen-bond acceptors (Lipinski definition) is 0. The lowest BCUT2D eigenvalue weighted by atomic mass is 10.0. The highest BCUT2D eigenvalue weighted by Gasteiger charge is 2.12. The van der Waals surface area contributed by atoms with Crippen molar-refractivity contribution in [3.05, 3.63) is 84.1 Å². The van der Waals surface area contributed by atoms with Crippen LogP contribution in [0.3, 0.4) is 0 Å². The summed E-state index contributed by atoms with van der Waals surface area (Å²) in [5.74, 6) is 0. The van der Waals surface area contributed by atoms with Crippen molar-refractivity contribution in [2.24, 2.45) is 0 Å². The summed E-state index contributed by atoms with van der Waals surface area (Å²) in [6.07, 6.45) is 1.90. The van der Waals surface area contributed by atoms with Crippen LogP contribution < -0.4 is 0 Å². The van der Waals surface area contributed by atoms with Crippen LogP contribution in [0.5, 0.6) is 0 Å². The van der Waals surface area contributed by atoms with Crippen molar-refractivity contribution in [2.75, 3.05) is 0 Å². The first-order valence-electron chi connectivity index (χ1n) is 7.18. The van der Waals surface area contributed by atoms with E-state index >= 15 is 0 Å². The number of hydrogen-bond donors (Lipinski definition) is 0. The fourth-order valence-corrected chi connectivity index (χ4v) is 2.70. The Morgan fingerprint density at radius 3 is 2.38 bits per heavy atom. The van der Waals surface area contributed by atoms with E-state index in [1.54, 1.807) is 0 Å². The molecule has 1 nitrogen and oxygen atoms in total. The molecular weight excluding hydrogens is 254 g/mol. The second-order valence-corrected chi connectivity index (χ2v) is 5.34. The van der Waals surface area contributed by atoms with Crippen LogP contribution in [0.2, 0.25) is 0 Å². The van der Waals surface area contributed by atoms with E-state index in [1.165, 1.54) is 22.4 Å². The monoisotopic (exact) mass is 273 g/mol. The fourth-order valence-electron chi connectivity index (χ4n) is 2.70. The summed E-state index contributed by atoms with van der Waals surface area (Å²) >= 11 is 0. The topological polar surface area (TPSA) is 4.93 Å². The zero-order valence-corrected chi connectivity index (χ0v) is 12.5. The van der Waals surface area contributed by atoms with Gasteiger partial charge in [0.25, 0.3) is 0 Å². The molecule has 1 aromatic heterocycles. The van der Waals surface area contributed by atoms with Gasteiger partial charge in [-0.15, -0.1) is 0 Å². The molecule has 0 unspecified atom stereocenters. The maximum atomic E-state index is 3.94. The Morgan fingerprint density at radius 2 is 1.67 bits per heavy atom. The number of aryl methyl sites for hydroxylation is 2. The average Bonchev–Trinajstić information content (AvgIpc) is 2.94. The van der Waals surface area contributed by atoms with Crippen LogP contribution in [0.4, 0.5) is 0 Å².